The molecule has 0 aromatic heterocycles. The van der Waals surface area contributed by atoms with E-state index in [0.29, 0.717) is 29.3 Å². The number of benzene rings is 2. The first-order chi connectivity index (χ1) is 21.9. The van der Waals surface area contributed by atoms with E-state index in [0.717, 1.165) is 30.4 Å². The lowest BCUT2D eigenvalue weighted by Gasteiger charge is -2.33. The average Bonchev–Trinajstić information content (AvgIpc) is 3.69. The first kappa shape index (κ1) is 31.2. The third-order valence-corrected chi connectivity index (χ3v) is 9.03. The molecule has 2 aromatic carbocycles. The van der Waals surface area contributed by atoms with Crippen LogP contribution in [0.5, 0.6) is 0 Å². The van der Waals surface area contributed by atoms with Gasteiger partial charge >= 0.3 is 5.97 Å². The van der Waals surface area contributed by atoms with Crippen molar-refractivity contribution in [1.29, 1.82) is 0 Å². The Morgan fingerprint density at radius 1 is 1.09 bits per heavy atom. The number of rotatable bonds is 11. The van der Waals surface area contributed by atoms with Gasteiger partial charge in [-0.05, 0) is 54.5 Å². The first-order valence-corrected chi connectivity index (χ1v) is 15.7. The van der Waals surface area contributed by atoms with Gasteiger partial charge in [0.05, 0.1) is 24.4 Å². The number of ether oxygens (including phenoxy) is 4. The number of fused-ring (bicyclic) bond motifs is 2. The van der Waals surface area contributed by atoms with E-state index in [9.17, 15) is 19.5 Å². The standard InChI is InChI=1S/C35H40N2O8/c1-37(27(33(39)36-14-15-38)17-22-6-3-2-4-7-22)34(40)26-19-30-32(43-21-42-30)31(20-26)45-35(41)25-9-5-8-23(16-25)10-11-24-12-13-28-29(18-24)44-28/h2-11,16,19,24,27-32,38H,12-15,17-18,20-21H2,1H3,(H,36,39). The molecule has 0 bridgehead atoms. The number of aliphatic hydroxyl groups excluding tert-OH is 1. The lowest BCUT2D eigenvalue weighted by molar-refractivity contribution is -0.137. The lowest BCUT2D eigenvalue weighted by Crippen LogP contribution is -2.51. The molecule has 10 heteroatoms. The van der Waals surface area contributed by atoms with Gasteiger partial charge in [-0.25, -0.2) is 4.79 Å². The Labute approximate surface area is 263 Å². The van der Waals surface area contributed by atoms with E-state index in [1.807, 2.05) is 48.5 Å². The zero-order chi connectivity index (χ0) is 31.3. The lowest BCUT2D eigenvalue weighted by atomic mass is 9.88. The number of carbonyl (C=O) groups excluding carboxylic acids is 3. The van der Waals surface area contributed by atoms with Gasteiger partial charge in [-0.3, -0.25) is 9.59 Å². The van der Waals surface area contributed by atoms with Crippen LogP contribution in [0.2, 0.25) is 0 Å². The van der Waals surface area contributed by atoms with Crippen molar-refractivity contribution in [2.45, 2.75) is 68.7 Å². The first-order valence-electron chi connectivity index (χ1n) is 15.7. The van der Waals surface area contributed by atoms with Crippen LogP contribution in [-0.2, 0) is 35.0 Å². The molecule has 45 heavy (non-hydrogen) atoms. The van der Waals surface area contributed by atoms with Gasteiger partial charge < -0.3 is 34.3 Å². The fraction of sp³-hybridized carbons (Fsp3) is 0.457. The third-order valence-electron chi connectivity index (χ3n) is 9.03. The maximum absolute atomic E-state index is 13.8. The summed E-state index contributed by atoms with van der Waals surface area (Å²) in [5, 5.41) is 11.9. The Balaban J connectivity index is 1.14. The summed E-state index contributed by atoms with van der Waals surface area (Å²) in [7, 11) is 1.58. The summed E-state index contributed by atoms with van der Waals surface area (Å²) in [4.78, 5) is 41.7. The number of epoxide rings is 1. The maximum Gasteiger partial charge on any atom is 0.338 e. The molecule has 2 aliphatic heterocycles. The second-order valence-corrected chi connectivity index (χ2v) is 12.1. The minimum absolute atomic E-state index is 0.0193. The minimum Gasteiger partial charge on any atom is -0.456 e. The average molecular weight is 617 g/mol. The number of nitrogens with zero attached hydrogens (tertiary/aromatic N) is 1. The highest BCUT2D eigenvalue weighted by molar-refractivity contribution is 5.97. The number of esters is 1. The number of carbonyl (C=O) groups is 3. The highest BCUT2D eigenvalue weighted by Gasteiger charge is 2.44. The van der Waals surface area contributed by atoms with Crippen molar-refractivity contribution in [3.05, 3.63) is 89.0 Å². The normalized spacial score (nSPS) is 27.6. The van der Waals surface area contributed by atoms with Crippen LogP contribution in [0.4, 0.5) is 0 Å². The van der Waals surface area contributed by atoms with Gasteiger partial charge in [0.1, 0.15) is 31.1 Å². The van der Waals surface area contributed by atoms with Crippen molar-refractivity contribution in [3.63, 3.8) is 0 Å². The molecule has 2 saturated heterocycles. The zero-order valence-corrected chi connectivity index (χ0v) is 25.4. The third kappa shape index (κ3) is 7.53. The fourth-order valence-electron chi connectivity index (χ4n) is 6.45. The number of likely N-dealkylation sites (N-methyl/N-ethyl adjacent to an activating group) is 1. The number of allylic oxidation sites excluding steroid dienone is 1. The van der Waals surface area contributed by atoms with Crippen molar-refractivity contribution >= 4 is 23.9 Å². The van der Waals surface area contributed by atoms with E-state index in [4.69, 9.17) is 18.9 Å². The predicted molar refractivity (Wildman–Crippen MR) is 165 cm³/mol. The number of hydrogen-bond donors (Lipinski definition) is 2. The Morgan fingerprint density at radius 3 is 2.73 bits per heavy atom. The van der Waals surface area contributed by atoms with Gasteiger partial charge in [0.15, 0.2) is 0 Å². The quantitative estimate of drug-likeness (QED) is 0.292. The number of aliphatic hydroxyl groups is 1. The Hall–Kier alpha value is -3.83. The molecule has 10 nitrogen and oxygen atoms in total. The van der Waals surface area contributed by atoms with Crippen LogP contribution in [0.1, 0.15) is 47.2 Å². The van der Waals surface area contributed by atoms with E-state index in [1.54, 1.807) is 25.3 Å². The smallest absolute Gasteiger partial charge is 0.338 e. The molecule has 0 spiro atoms. The van der Waals surface area contributed by atoms with Crippen LogP contribution in [0.25, 0.3) is 6.08 Å². The summed E-state index contributed by atoms with van der Waals surface area (Å²) in [6.45, 7) is -0.114. The molecule has 2 N–H and O–H groups in total. The van der Waals surface area contributed by atoms with Crippen molar-refractivity contribution in [2.24, 2.45) is 5.92 Å². The minimum atomic E-state index is -0.825. The van der Waals surface area contributed by atoms with Crippen LogP contribution in [0.15, 0.2) is 72.3 Å². The summed E-state index contributed by atoms with van der Waals surface area (Å²) >= 11 is 0. The molecule has 238 valence electrons. The summed E-state index contributed by atoms with van der Waals surface area (Å²) in [5.74, 6) is -0.785. The second kappa shape index (κ2) is 14.1. The van der Waals surface area contributed by atoms with Gasteiger partial charge in [-0.2, -0.15) is 0 Å². The van der Waals surface area contributed by atoms with E-state index >= 15 is 0 Å². The molecule has 2 heterocycles. The Kier molecular flexibility index (Phi) is 9.75. The number of hydrogen-bond acceptors (Lipinski definition) is 8. The number of amides is 2. The van der Waals surface area contributed by atoms with Gasteiger partial charge in [-0.1, -0.05) is 54.6 Å². The summed E-state index contributed by atoms with van der Waals surface area (Å²) in [5.41, 5.74) is 2.58. The molecule has 2 aliphatic carbocycles. The van der Waals surface area contributed by atoms with Crippen LogP contribution < -0.4 is 5.32 Å². The molecule has 0 radical (unpaired) electrons. The molecular formula is C35H40N2O8. The van der Waals surface area contributed by atoms with E-state index in [-0.39, 0.29) is 44.6 Å². The highest BCUT2D eigenvalue weighted by Crippen LogP contribution is 2.40. The van der Waals surface area contributed by atoms with Gasteiger partial charge in [0.25, 0.3) is 0 Å². The van der Waals surface area contributed by atoms with Crippen molar-refractivity contribution < 1.29 is 38.4 Å². The SMILES string of the molecule is CN(C(=O)C1=CC2OCOC2C(OC(=O)c2cccc(C=CC3CCC4OC4C3)c2)C1)C(Cc1ccccc1)C(=O)NCCO. The monoisotopic (exact) mass is 616 g/mol. The zero-order valence-electron chi connectivity index (χ0n) is 25.4. The number of nitrogens with one attached hydrogen (secondary N) is 1. The fourth-order valence-corrected chi connectivity index (χ4v) is 6.45. The maximum atomic E-state index is 13.8. The predicted octanol–water partition coefficient (Wildman–Crippen LogP) is 3.04. The van der Waals surface area contributed by atoms with Crippen LogP contribution >= 0.6 is 0 Å². The van der Waals surface area contributed by atoms with Crippen LogP contribution in [-0.4, -0.2) is 91.3 Å². The molecule has 4 aliphatic rings. The van der Waals surface area contributed by atoms with Gasteiger partial charge in [-0.15, -0.1) is 0 Å². The largest absolute Gasteiger partial charge is 0.456 e. The Morgan fingerprint density at radius 2 is 1.93 bits per heavy atom. The van der Waals surface area contributed by atoms with Crippen LogP contribution in [0.3, 0.4) is 0 Å². The highest BCUT2D eigenvalue weighted by atomic mass is 16.7. The molecule has 6 rings (SSSR count). The molecule has 2 amide bonds. The summed E-state index contributed by atoms with van der Waals surface area (Å²) < 4.78 is 23.1. The second-order valence-electron chi connectivity index (χ2n) is 12.1. The van der Waals surface area contributed by atoms with Gasteiger partial charge in [0, 0.05) is 32.0 Å². The Bertz CT molecular complexity index is 1440. The van der Waals surface area contributed by atoms with Crippen molar-refractivity contribution in [1.82, 2.24) is 10.2 Å². The molecule has 7 unspecified atom stereocenters. The van der Waals surface area contributed by atoms with Crippen molar-refractivity contribution in [2.75, 3.05) is 27.0 Å². The van der Waals surface area contributed by atoms with E-state index in [2.05, 4.69) is 11.4 Å². The van der Waals surface area contributed by atoms with E-state index < -0.39 is 30.3 Å². The van der Waals surface area contributed by atoms with Gasteiger partial charge in [0.2, 0.25) is 11.8 Å². The van der Waals surface area contributed by atoms with Crippen molar-refractivity contribution in [3.8, 4) is 0 Å². The topological polar surface area (TPSA) is 127 Å². The molecule has 3 fully saturated rings. The summed E-state index contributed by atoms with van der Waals surface area (Å²) in [6, 6.07) is 15.9. The molecular weight excluding hydrogens is 576 g/mol. The van der Waals surface area contributed by atoms with E-state index in [1.165, 1.54) is 4.90 Å². The summed E-state index contributed by atoms with van der Waals surface area (Å²) in [6.07, 6.45) is 8.59. The van der Waals surface area contributed by atoms with Crippen LogP contribution in [0, 0.1) is 5.92 Å². The molecule has 1 saturated carbocycles. The molecule has 7 atom stereocenters. The molecule has 2 aromatic rings.